The number of amides is 1. The Labute approximate surface area is 124 Å². The molecule has 3 rings (SSSR count). The molecular formula is C17H21NO3. The summed E-state index contributed by atoms with van der Waals surface area (Å²) < 4.78 is 0. The number of carboxylic acid groups (broad SMARTS) is 1. The fraction of sp³-hybridized carbons (Fsp3) is 0.529. The van der Waals surface area contributed by atoms with Crippen LogP contribution in [-0.2, 0) is 15.0 Å². The normalized spacial score (nSPS) is 24.2. The number of carbonyl (C=O) groups excluding carboxylic acids is 1. The number of rotatable bonds is 3. The van der Waals surface area contributed by atoms with Gasteiger partial charge >= 0.3 is 5.97 Å². The monoisotopic (exact) mass is 287 g/mol. The predicted octanol–water partition coefficient (Wildman–Crippen LogP) is 2.57. The topological polar surface area (TPSA) is 57.6 Å². The summed E-state index contributed by atoms with van der Waals surface area (Å²) in [5.74, 6) is -0.849. The highest BCUT2D eigenvalue weighted by Gasteiger charge is 2.48. The molecule has 4 heteroatoms. The van der Waals surface area contributed by atoms with E-state index in [2.05, 4.69) is 0 Å². The van der Waals surface area contributed by atoms with E-state index in [9.17, 15) is 14.7 Å². The van der Waals surface area contributed by atoms with Crippen LogP contribution in [0.2, 0.25) is 0 Å². The van der Waals surface area contributed by atoms with E-state index in [1.165, 1.54) is 0 Å². The summed E-state index contributed by atoms with van der Waals surface area (Å²) in [4.78, 5) is 26.1. The van der Waals surface area contributed by atoms with Crippen LogP contribution in [-0.4, -0.2) is 34.5 Å². The zero-order valence-electron chi connectivity index (χ0n) is 12.1. The second kappa shape index (κ2) is 5.51. The van der Waals surface area contributed by atoms with Crippen molar-refractivity contribution < 1.29 is 14.7 Å². The second-order valence-corrected chi connectivity index (χ2v) is 6.15. The molecule has 1 aromatic carbocycles. The molecular weight excluding hydrogens is 266 g/mol. The molecule has 1 saturated heterocycles. The Kier molecular flexibility index (Phi) is 3.70. The number of benzene rings is 1. The molecule has 2 fully saturated rings. The fourth-order valence-corrected chi connectivity index (χ4v) is 3.90. The summed E-state index contributed by atoms with van der Waals surface area (Å²) in [6.07, 6.45) is 5.09. The van der Waals surface area contributed by atoms with Crippen molar-refractivity contribution >= 4 is 11.9 Å². The lowest BCUT2D eigenvalue weighted by molar-refractivity contribution is -0.150. The lowest BCUT2D eigenvalue weighted by Crippen LogP contribution is -2.49. The molecule has 1 atom stereocenters. The summed E-state index contributed by atoms with van der Waals surface area (Å²) in [7, 11) is 0. The van der Waals surface area contributed by atoms with Crippen LogP contribution >= 0.6 is 0 Å². The Balaban J connectivity index is 1.95. The van der Waals surface area contributed by atoms with Gasteiger partial charge in [-0.05, 0) is 31.2 Å². The molecule has 0 spiro atoms. The van der Waals surface area contributed by atoms with Crippen LogP contribution < -0.4 is 0 Å². The van der Waals surface area contributed by atoms with Crippen molar-refractivity contribution in [2.75, 3.05) is 6.54 Å². The average Bonchev–Trinajstić information content (AvgIpc) is 3.17. The van der Waals surface area contributed by atoms with Gasteiger partial charge in [-0.2, -0.15) is 0 Å². The molecule has 1 saturated carbocycles. The SMILES string of the molecule is O=C(O)[C@@H]1CCCN1C(=O)C1(c2ccccc2)CCCC1. The van der Waals surface area contributed by atoms with Crippen molar-refractivity contribution in [2.24, 2.45) is 0 Å². The maximum absolute atomic E-state index is 13.1. The Morgan fingerprint density at radius 2 is 1.76 bits per heavy atom. The highest BCUT2D eigenvalue weighted by Crippen LogP contribution is 2.43. The second-order valence-electron chi connectivity index (χ2n) is 6.15. The maximum atomic E-state index is 13.1. The van der Waals surface area contributed by atoms with Crippen molar-refractivity contribution in [3.05, 3.63) is 35.9 Å². The van der Waals surface area contributed by atoms with Crippen molar-refractivity contribution in [2.45, 2.75) is 50.0 Å². The number of carbonyl (C=O) groups is 2. The summed E-state index contributed by atoms with van der Waals surface area (Å²) >= 11 is 0. The van der Waals surface area contributed by atoms with Crippen LogP contribution in [0.25, 0.3) is 0 Å². The molecule has 0 aromatic heterocycles. The van der Waals surface area contributed by atoms with E-state index < -0.39 is 17.4 Å². The molecule has 1 aliphatic carbocycles. The number of carboxylic acids is 1. The van der Waals surface area contributed by atoms with Gasteiger partial charge in [0, 0.05) is 6.54 Å². The maximum Gasteiger partial charge on any atom is 0.326 e. The van der Waals surface area contributed by atoms with E-state index in [-0.39, 0.29) is 5.91 Å². The molecule has 0 radical (unpaired) electrons. The van der Waals surface area contributed by atoms with E-state index in [1.54, 1.807) is 4.90 Å². The molecule has 112 valence electrons. The van der Waals surface area contributed by atoms with Crippen molar-refractivity contribution in [3.8, 4) is 0 Å². The minimum atomic E-state index is -0.873. The number of hydrogen-bond acceptors (Lipinski definition) is 2. The standard InChI is InChI=1S/C17H21NO3/c19-15(20)14-9-6-12-18(14)16(21)17(10-4-5-11-17)13-7-2-1-3-8-13/h1-3,7-8,14H,4-6,9-12H2,(H,19,20)/t14-/m0/s1. The highest BCUT2D eigenvalue weighted by atomic mass is 16.4. The Bertz CT molecular complexity index is 534. The zero-order chi connectivity index (χ0) is 14.9. The van der Waals surface area contributed by atoms with Crippen LogP contribution in [0.1, 0.15) is 44.1 Å². The third-order valence-corrected chi connectivity index (χ3v) is 4.99. The van der Waals surface area contributed by atoms with E-state index in [0.29, 0.717) is 13.0 Å². The first-order valence-corrected chi connectivity index (χ1v) is 7.74. The number of aliphatic carboxylic acids is 1. The summed E-state index contributed by atoms with van der Waals surface area (Å²) in [6, 6.07) is 9.25. The van der Waals surface area contributed by atoms with Gasteiger partial charge < -0.3 is 10.0 Å². The Hall–Kier alpha value is -1.84. The van der Waals surface area contributed by atoms with Gasteiger partial charge in [-0.3, -0.25) is 4.79 Å². The first-order valence-electron chi connectivity index (χ1n) is 7.74. The largest absolute Gasteiger partial charge is 0.480 e. The van der Waals surface area contributed by atoms with E-state index in [1.807, 2.05) is 30.3 Å². The lowest BCUT2D eigenvalue weighted by atomic mass is 9.77. The molecule has 4 nitrogen and oxygen atoms in total. The van der Waals surface area contributed by atoms with Gasteiger partial charge in [0.2, 0.25) is 5.91 Å². The Morgan fingerprint density at radius 1 is 1.10 bits per heavy atom. The third-order valence-electron chi connectivity index (χ3n) is 4.99. The van der Waals surface area contributed by atoms with Crippen molar-refractivity contribution in [1.29, 1.82) is 0 Å². The average molecular weight is 287 g/mol. The first kappa shape index (κ1) is 14.1. The molecule has 2 aliphatic rings. The van der Waals surface area contributed by atoms with Gasteiger partial charge in [0.05, 0.1) is 5.41 Å². The minimum Gasteiger partial charge on any atom is -0.480 e. The molecule has 0 bridgehead atoms. The number of hydrogen-bond donors (Lipinski definition) is 1. The van der Waals surface area contributed by atoms with E-state index in [0.717, 1.165) is 37.7 Å². The van der Waals surface area contributed by atoms with Crippen molar-refractivity contribution in [1.82, 2.24) is 4.90 Å². The van der Waals surface area contributed by atoms with Gasteiger partial charge in [-0.1, -0.05) is 43.2 Å². The van der Waals surface area contributed by atoms with Gasteiger partial charge in [-0.15, -0.1) is 0 Å². The van der Waals surface area contributed by atoms with Gasteiger partial charge in [-0.25, -0.2) is 4.79 Å². The smallest absolute Gasteiger partial charge is 0.326 e. The first-order chi connectivity index (χ1) is 10.1. The van der Waals surface area contributed by atoms with Crippen LogP contribution in [0, 0.1) is 0 Å². The lowest BCUT2D eigenvalue weighted by Gasteiger charge is -2.34. The molecule has 0 unspecified atom stereocenters. The number of likely N-dealkylation sites (tertiary alicyclic amines) is 1. The predicted molar refractivity (Wildman–Crippen MR) is 79.0 cm³/mol. The van der Waals surface area contributed by atoms with Crippen LogP contribution in [0.3, 0.4) is 0 Å². The molecule has 1 N–H and O–H groups in total. The quantitative estimate of drug-likeness (QED) is 0.929. The summed E-state index contributed by atoms with van der Waals surface area (Å²) in [6.45, 7) is 0.574. The van der Waals surface area contributed by atoms with Crippen LogP contribution in [0.5, 0.6) is 0 Å². The molecule has 1 aromatic rings. The van der Waals surface area contributed by atoms with Gasteiger partial charge in [0.25, 0.3) is 0 Å². The molecule has 1 amide bonds. The highest BCUT2D eigenvalue weighted by molar-refractivity contribution is 5.92. The van der Waals surface area contributed by atoms with E-state index >= 15 is 0 Å². The molecule has 1 heterocycles. The number of nitrogens with zero attached hydrogens (tertiary/aromatic N) is 1. The van der Waals surface area contributed by atoms with Crippen molar-refractivity contribution in [3.63, 3.8) is 0 Å². The molecule has 21 heavy (non-hydrogen) atoms. The van der Waals surface area contributed by atoms with Crippen LogP contribution in [0.15, 0.2) is 30.3 Å². The summed E-state index contributed by atoms with van der Waals surface area (Å²) in [5.41, 5.74) is 0.544. The summed E-state index contributed by atoms with van der Waals surface area (Å²) in [5, 5.41) is 9.34. The van der Waals surface area contributed by atoms with Gasteiger partial charge in [0.1, 0.15) is 6.04 Å². The van der Waals surface area contributed by atoms with Crippen LogP contribution in [0.4, 0.5) is 0 Å². The Morgan fingerprint density at radius 3 is 2.38 bits per heavy atom. The van der Waals surface area contributed by atoms with E-state index in [4.69, 9.17) is 0 Å². The molecule has 1 aliphatic heterocycles. The van der Waals surface area contributed by atoms with Gasteiger partial charge in [0.15, 0.2) is 0 Å². The minimum absolute atomic E-state index is 0.0242. The fourth-order valence-electron chi connectivity index (χ4n) is 3.90. The zero-order valence-corrected chi connectivity index (χ0v) is 12.1. The third kappa shape index (κ3) is 2.33.